The summed E-state index contributed by atoms with van der Waals surface area (Å²) in [6.45, 7) is 10.9. The van der Waals surface area contributed by atoms with Gasteiger partial charge < -0.3 is 0 Å². The molecule has 11 heavy (non-hydrogen) atoms. The van der Waals surface area contributed by atoms with Crippen LogP contribution in [0.2, 0.25) is 0 Å². The fourth-order valence-electron chi connectivity index (χ4n) is 1.53. The van der Waals surface area contributed by atoms with E-state index in [2.05, 4.69) is 39.5 Å². The molecule has 0 aromatic carbocycles. The average Bonchev–Trinajstić information content (AvgIpc) is 1.86. The van der Waals surface area contributed by atoms with Crippen LogP contribution >= 0.6 is 0 Å². The van der Waals surface area contributed by atoms with Crippen molar-refractivity contribution in [1.82, 2.24) is 0 Å². The quantitative estimate of drug-likeness (QED) is 0.495. The van der Waals surface area contributed by atoms with E-state index in [-0.39, 0.29) is 0 Å². The predicted octanol–water partition coefficient (Wildman–Crippen LogP) is 3.55. The smallest absolute Gasteiger partial charge is 0.0248 e. The van der Waals surface area contributed by atoms with Crippen LogP contribution in [0.1, 0.15) is 33.6 Å². The van der Waals surface area contributed by atoms with Crippen molar-refractivity contribution in [1.29, 1.82) is 0 Å². The molecule has 1 aliphatic carbocycles. The van der Waals surface area contributed by atoms with Crippen molar-refractivity contribution < 1.29 is 0 Å². The summed E-state index contributed by atoms with van der Waals surface area (Å²) in [4.78, 5) is 0. The zero-order chi connectivity index (χ0) is 8.48. The van der Waals surface area contributed by atoms with E-state index in [4.69, 9.17) is 0 Å². The number of allylic oxidation sites excluding steroid dienone is 3. The Hall–Kier alpha value is -0.520. The third kappa shape index (κ3) is 2.21. The molecule has 0 heterocycles. The molecule has 0 amide bonds. The first-order valence-corrected chi connectivity index (χ1v) is 4.34. The first kappa shape index (κ1) is 8.58. The van der Waals surface area contributed by atoms with Crippen LogP contribution < -0.4 is 0 Å². The van der Waals surface area contributed by atoms with Crippen LogP contribution in [0.25, 0.3) is 0 Å². The summed E-state index contributed by atoms with van der Waals surface area (Å²) in [6, 6.07) is 0. The van der Waals surface area contributed by atoms with Gasteiger partial charge in [0.1, 0.15) is 0 Å². The van der Waals surface area contributed by atoms with Crippen molar-refractivity contribution in [2.24, 2.45) is 11.3 Å². The third-order valence-electron chi connectivity index (χ3n) is 2.51. The molecule has 0 aromatic heterocycles. The van der Waals surface area contributed by atoms with Crippen molar-refractivity contribution in [3.8, 4) is 0 Å². The maximum Gasteiger partial charge on any atom is -0.0248 e. The molecule has 0 saturated carbocycles. The van der Waals surface area contributed by atoms with E-state index in [1.165, 1.54) is 18.4 Å². The van der Waals surface area contributed by atoms with E-state index in [0.29, 0.717) is 5.41 Å². The van der Waals surface area contributed by atoms with E-state index in [0.717, 1.165) is 5.92 Å². The van der Waals surface area contributed by atoms with Gasteiger partial charge in [-0.2, -0.15) is 0 Å². The second-order valence-corrected chi connectivity index (χ2v) is 4.56. The predicted molar refractivity (Wildman–Crippen MR) is 50.5 cm³/mol. The fourth-order valence-corrected chi connectivity index (χ4v) is 1.53. The Labute approximate surface area is 70.0 Å². The van der Waals surface area contributed by atoms with Crippen LogP contribution in [0.4, 0.5) is 0 Å². The summed E-state index contributed by atoms with van der Waals surface area (Å²) in [7, 11) is 0. The molecule has 62 valence electrons. The van der Waals surface area contributed by atoms with Gasteiger partial charge in [-0.15, -0.1) is 0 Å². The summed E-state index contributed by atoms with van der Waals surface area (Å²) in [5, 5.41) is 0. The second-order valence-electron chi connectivity index (χ2n) is 4.56. The summed E-state index contributed by atoms with van der Waals surface area (Å²) in [5.41, 5.74) is 1.73. The number of hydrogen-bond donors (Lipinski definition) is 0. The molecule has 0 N–H and O–H groups in total. The Morgan fingerprint density at radius 1 is 1.45 bits per heavy atom. The summed E-state index contributed by atoms with van der Waals surface area (Å²) < 4.78 is 0. The Bertz CT molecular complexity index is 179. The molecule has 1 aliphatic rings. The van der Waals surface area contributed by atoms with Crippen LogP contribution in [0.15, 0.2) is 24.3 Å². The van der Waals surface area contributed by atoms with Crippen molar-refractivity contribution in [2.75, 3.05) is 0 Å². The Balaban J connectivity index is 2.64. The van der Waals surface area contributed by atoms with Crippen molar-refractivity contribution >= 4 is 0 Å². The Kier molecular flexibility index (Phi) is 2.22. The number of rotatable bonds is 0. The largest absolute Gasteiger partial charge is 0.0958 e. The molecule has 0 fully saturated rings. The molecule has 1 unspecified atom stereocenters. The van der Waals surface area contributed by atoms with E-state index >= 15 is 0 Å². The zero-order valence-electron chi connectivity index (χ0n) is 7.85. The second kappa shape index (κ2) is 2.84. The van der Waals surface area contributed by atoms with Crippen molar-refractivity contribution in [3.63, 3.8) is 0 Å². The van der Waals surface area contributed by atoms with Gasteiger partial charge in [0, 0.05) is 0 Å². The minimum atomic E-state index is 0.438. The van der Waals surface area contributed by atoms with Gasteiger partial charge in [-0.25, -0.2) is 0 Å². The van der Waals surface area contributed by atoms with Crippen molar-refractivity contribution in [3.05, 3.63) is 24.3 Å². The van der Waals surface area contributed by atoms with Gasteiger partial charge in [0.25, 0.3) is 0 Å². The molecular formula is C11H18. The lowest BCUT2D eigenvalue weighted by atomic mass is 9.73. The summed E-state index contributed by atoms with van der Waals surface area (Å²) in [6.07, 6.45) is 6.81. The lowest BCUT2D eigenvalue weighted by molar-refractivity contribution is 0.238. The maximum atomic E-state index is 3.99. The van der Waals surface area contributed by atoms with Gasteiger partial charge in [0.15, 0.2) is 0 Å². The van der Waals surface area contributed by atoms with Crippen LogP contribution in [0, 0.1) is 11.3 Å². The van der Waals surface area contributed by atoms with E-state index in [9.17, 15) is 0 Å². The van der Waals surface area contributed by atoms with Crippen LogP contribution in [0.5, 0.6) is 0 Å². The van der Waals surface area contributed by atoms with Gasteiger partial charge in [-0.3, -0.25) is 0 Å². The molecule has 0 radical (unpaired) electrons. The number of hydrogen-bond acceptors (Lipinski definition) is 0. The molecule has 0 saturated heterocycles. The minimum absolute atomic E-state index is 0.438. The molecule has 0 spiro atoms. The highest BCUT2D eigenvalue weighted by Gasteiger charge is 2.24. The molecule has 1 atom stereocenters. The normalized spacial score (nSPS) is 25.7. The molecular weight excluding hydrogens is 132 g/mol. The Morgan fingerprint density at radius 3 is 2.45 bits per heavy atom. The van der Waals surface area contributed by atoms with Gasteiger partial charge in [0.05, 0.1) is 0 Å². The van der Waals surface area contributed by atoms with Crippen LogP contribution in [-0.2, 0) is 0 Å². The first-order valence-electron chi connectivity index (χ1n) is 4.34. The highest BCUT2D eigenvalue weighted by molar-refractivity contribution is 5.19. The average molecular weight is 150 g/mol. The standard InChI is InChI=1S/C11H18/c1-9-6-5-7-10(8-9)11(2,3)4/h5-6,10H,1,7-8H2,2-4H3. The Morgan fingerprint density at radius 2 is 2.09 bits per heavy atom. The van der Waals surface area contributed by atoms with Gasteiger partial charge >= 0.3 is 0 Å². The first-order chi connectivity index (χ1) is 5.00. The van der Waals surface area contributed by atoms with Gasteiger partial charge in [0.2, 0.25) is 0 Å². The van der Waals surface area contributed by atoms with Crippen LogP contribution in [0.3, 0.4) is 0 Å². The summed E-state index contributed by atoms with van der Waals surface area (Å²) >= 11 is 0. The fraction of sp³-hybridized carbons (Fsp3) is 0.636. The molecule has 0 nitrogen and oxygen atoms in total. The molecule has 0 aliphatic heterocycles. The van der Waals surface area contributed by atoms with E-state index in [1.54, 1.807) is 0 Å². The van der Waals surface area contributed by atoms with Crippen molar-refractivity contribution in [2.45, 2.75) is 33.6 Å². The molecule has 0 bridgehead atoms. The zero-order valence-corrected chi connectivity index (χ0v) is 7.85. The molecule has 0 aromatic rings. The SMILES string of the molecule is C=C1C=CCC(C(C)(C)C)C1. The summed E-state index contributed by atoms with van der Waals surface area (Å²) in [5.74, 6) is 0.792. The van der Waals surface area contributed by atoms with Gasteiger partial charge in [-0.1, -0.05) is 45.1 Å². The van der Waals surface area contributed by atoms with E-state index in [1.807, 2.05) is 0 Å². The molecule has 0 heteroatoms. The minimum Gasteiger partial charge on any atom is -0.0958 e. The monoisotopic (exact) mass is 150 g/mol. The highest BCUT2D eigenvalue weighted by atomic mass is 14.3. The van der Waals surface area contributed by atoms with E-state index < -0.39 is 0 Å². The lowest BCUT2D eigenvalue weighted by Crippen LogP contribution is -2.21. The topological polar surface area (TPSA) is 0 Å². The van der Waals surface area contributed by atoms with Crippen LogP contribution in [-0.4, -0.2) is 0 Å². The highest BCUT2D eigenvalue weighted by Crippen LogP contribution is 2.36. The third-order valence-corrected chi connectivity index (χ3v) is 2.51. The molecule has 1 rings (SSSR count). The van der Waals surface area contributed by atoms with Gasteiger partial charge in [-0.05, 0) is 24.2 Å². The lowest BCUT2D eigenvalue weighted by Gasteiger charge is -2.32. The maximum absolute atomic E-state index is 3.99.